The fraction of sp³-hybridized carbons (Fsp3) is 0.263. The first-order valence-corrected chi connectivity index (χ1v) is 7.68. The molecule has 0 saturated heterocycles. The minimum Gasteiger partial charge on any atom is -0.493 e. The largest absolute Gasteiger partial charge is 0.493 e. The Morgan fingerprint density at radius 3 is 2.12 bits per heavy atom. The fourth-order valence-electron chi connectivity index (χ4n) is 2.15. The molecular formula is C19H20O6. The molecule has 2 aromatic rings. The zero-order chi connectivity index (χ0) is 18.2. The first-order chi connectivity index (χ1) is 12.0. The summed E-state index contributed by atoms with van der Waals surface area (Å²) in [5.74, 6) is -0.153. The molecule has 6 nitrogen and oxygen atoms in total. The molecule has 132 valence electrons. The summed E-state index contributed by atoms with van der Waals surface area (Å²) in [7, 11) is 1.53. The van der Waals surface area contributed by atoms with E-state index in [0.717, 1.165) is 5.56 Å². The molecule has 0 fully saturated rings. The number of carbonyl (C=O) groups is 2. The van der Waals surface area contributed by atoms with Crippen LogP contribution >= 0.6 is 0 Å². The quantitative estimate of drug-likeness (QED) is 0.566. The van der Waals surface area contributed by atoms with Gasteiger partial charge in [-0.2, -0.15) is 0 Å². The smallest absolute Gasteiger partial charge is 0.305 e. The molecule has 0 aliphatic heterocycles. The number of ether oxygens (including phenoxy) is 4. The average molecular weight is 344 g/mol. The van der Waals surface area contributed by atoms with E-state index in [9.17, 15) is 9.59 Å². The van der Waals surface area contributed by atoms with Crippen molar-refractivity contribution in [2.75, 3.05) is 7.11 Å². The minimum atomic E-state index is -1.14. The third-order valence-corrected chi connectivity index (χ3v) is 3.24. The van der Waals surface area contributed by atoms with Gasteiger partial charge in [0.15, 0.2) is 11.5 Å². The number of benzene rings is 2. The van der Waals surface area contributed by atoms with Gasteiger partial charge in [0.25, 0.3) is 6.29 Å². The van der Waals surface area contributed by atoms with Crippen molar-refractivity contribution in [3.8, 4) is 11.5 Å². The van der Waals surface area contributed by atoms with Crippen LogP contribution in [0.1, 0.15) is 31.3 Å². The van der Waals surface area contributed by atoms with E-state index >= 15 is 0 Å². The van der Waals surface area contributed by atoms with Gasteiger partial charge in [0.05, 0.1) is 7.11 Å². The lowest BCUT2D eigenvalue weighted by Gasteiger charge is -2.19. The van der Waals surface area contributed by atoms with Crippen LogP contribution < -0.4 is 9.47 Å². The zero-order valence-corrected chi connectivity index (χ0v) is 14.4. The van der Waals surface area contributed by atoms with Crippen LogP contribution in [0.2, 0.25) is 0 Å². The third kappa shape index (κ3) is 5.53. The van der Waals surface area contributed by atoms with E-state index in [1.54, 1.807) is 18.2 Å². The molecule has 0 heterocycles. The van der Waals surface area contributed by atoms with Crippen LogP contribution in [0.3, 0.4) is 0 Å². The molecule has 0 spiro atoms. The molecule has 0 saturated carbocycles. The number of hydrogen-bond acceptors (Lipinski definition) is 6. The van der Waals surface area contributed by atoms with Crippen LogP contribution in [0.25, 0.3) is 0 Å². The molecule has 6 heteroatoms. The predicted molar refractivity (Wildman–Crippen MR) is 90.0 cm³/mol. The van der Waals surface area contributed by atoms with Gasteiger partial charge >= 0.3 is 11.9 Å². The molecule has 0 aromatic heterocycles. The first-order valence-electron chi connectivity index (χ1n) is 7.68. The Hall–Kier alpha value is -3.02. The van der Waals surface area contributed by atoms with Crippen LogP contribution in [-0.4, -0.2) is 19.0 Å². The highest BCUT2D eigenvalue weighted by Crippen LogP contribution is 2.32. The molecule has 0 aliphatic carbocycles. The standard InChI is InChI=1S/C19H20O6/c1-13(20)24-19(25-14(2)21)16-9-10-17(22-3)18(11-16)23-12-15-7-5-4-6-8-15/h4-11,19H,12H2,1-3H3. The summed E-state index contributed by atoms with van der Waals surface area (Å²) in [5.41, 5.74) is 1.46. The van der Waals surface area contributed by atoms with E-state index in [0.29, 0.717) is 23.7 Å². The zero-order valence-electron chi connectivity index (χ0n) is 14.4. The summed E-state index contributed by atoms with van der Waals surface area (Å²) in [6.07, 6.45) is -1.14. The van der Waals surface area contributed by atoms with E-state index in [4.69, 9.17) is 18.9 Å². The second-order valence-electron chi connectivity index (χ2n) is 5.24. The monoisotopic (exact) mass is 344 g/mol. The van der Waals surface area contributed by atoms with Crippen molar-refractivity contribution in [3.63, 3.8) is 0 Å². The summed E-state index contributed by atoms with van der Waals surface area (Å²) in [6, 6.07) is 14.6. The molecule has 25 heavy (non-hydrogen) atoms. The molecule has 0 unspecified atom stereocenters. The van der Waals surface area contributed by atoms with Gasteiger partial charge in [-0.1, -0.05) is 30.3 Å². The number of methoxy groups -OCH3 is 1. The highest BCUT2D eigenvalue weighted by atomic mass is 16.7. The predicted octanol–water partition coefficient (Wildman–Crippen LogP) is 3.40. The third-order valence-electron chi connectivity index (χ3n) is 3.24. The van der Waals surface area contributed by atoms with Gasteiger partial charge in [0, 0.05) is 19.4 Å². The summed E-state index contributed by atoms with van der Waals surface area (Å²) in [5, 5.41) is 0. The summed E-state index contributed by atoms with van der Waals surface area (Å²) in [4.78, 5) is 22.5. The fourth-order valence-corrected chi connectivity index (χ4v) is 2.15. The van der Waals surface area contributed by atoms with Gasteiger partial charge in [-0.05, 0) is 23.8 Å². The number of esters is 2. The van der Waals surface area contributed by atoms with Crippen molar-refractivity contribution < 1.29 is 28.5 Å². The number of carbonyl (C=O) groups excluding carboxylic acids is 2. The second kappa shape index (κ2) is 8.73. The van der Waals surface area contributed by atoms with Gasteiger partial charge in [0.2, 0.25) is 0 Å². The van der Waals surface area contributed by atoms with E-state index in [1.807, 2.05) is 30.3 Å². The topological polar surface area (TPSA) is 71.1 Å². The molecule has 2 aromatic carbocycles. The van der Waals surface area contributed by atoms with Crippen LogP contribution in [0.5, 0.6) is 11.5 Å². The van der Waals surface area contributed by atoms with Crippen molar-refractivity contribution in [2.45, 2.75) is 26.7 Å². The molecule has 2 rings (SSSR count). The summed E-state index contributed by atoms with van der Waals surface area (Å²) < 4.78 is 21.2. The van der Waals surface area contributed by atoms with E-state index in [-0.39, 0.29) is 0 Å². The van der Waals surface area contributed by atoms with Crippen molar-refractivity contribution in [3.05, 3.63) is 59.7 Å². The minimum absolute atomic E-state index is 0.340. The Bertz CT molecular complexity index is 710. The van der Waals surface area contributed by atoms with Gasteiger partial charge < -0.3 is 18.9 Å². The van der Waals surface area contributed by atoms with Gasteiger partial charge in [0.1, 0.15) is 6.61 Å². The maximum atomic E-state index is 11.3. The molecule has 0 atom stereocenters. The van der Waals surface area contributed by atoms with Crippen molar-refractivity contribution in [1.29, 1.82) is 0 Å². The lowest BCUT2D eigenvalue weighted by Crippen LogP contribution is -2.15. The molecule has 0 radical (unpaired) electrons. The first kappa shape index (κ1) is 18.3. The Labute approximate surface area is 146 Å². The lowest BCUT2D eigenvalue weighted by molar-refractivity contribution is -0.186. The Balaban J connectivity index is 2.24. The Morgan fingerprint density at radius 2 is 1.56 bits per heavy atom. The van der Waals surface area contributed by atoms with Crippen molar-refractivity contribution >= 4 is 11.9 Å². The van der Waals surface area contributed by atoms with Crippen molar-refractivity contribution in [1.82, 2.24) is 0 Å². The number of hydrogen-bond donors (Lipinski definition) is 0. The molecule has 0 N–H and O–H groups in total. The maximum absolute atomic E-state index is 11.3. The highest BCUT2D eigenvalue weighted by molar-refractivity contribution is 5.68. The average Bonchev–Trinajstić information content (AvgIpc) is 2.59. The molecule has 0 aliphatic rings. The Kier molecular flexibility index (Phi) is 6.39. The van der Waals surface area contributed by atoms with Gasteiger partial charge in [-0.25, -0.2) is 0 Å². The summed E-state index contributed by atoms with van der Waals surface area (Å²) >= 11 is 0. The molecular weight excluding hydrogens is 324 g/mol. The van der Waals surface area contributed by atoms with E-state index in [2.05, 4.69) is 0 Å². The van der Waals surface area contributed by atoms with Crippen LogP contribution in [0, 0.1) is 0 Å². The van der Waals surface area contributed by atoms with Gasteiger partial charge in [-0.3, -0.25) is 9.59 Å². The normalized spacial score (nSPS) is 10.2. The highest BCUT2D eigenvalue weighted by Gasteiger charge is 2.20. The number of rotatable bonds is 7. The molecule has 0 amide bonds. The lowest BCUT2D eigenvalue weighted by atomic mass is 10.2. The second-order valence-corrected chi connectivity index (χ2v) is 5.24. The van der Waals surface area contributed by atoms with E-state index in [1.165, 1.54) is 21.0 Å². The van der Waals surface area contributed by atoms with E-state index < -0.39 is 18.2 Å². The van der Waals surface area contributed by atoms with Crippen molar-refractivity contribution in [2.24, 2.45) is 0 Å². The maximum Gasteiger partial charge on any atom is 0.305 e. The van der Waals surface area contributed by atoms with Crippen LogP contribution in [0.15, 0.2) is 48.5 Å². The SMILES string of the molecule is COc1ccc(C(OC(C)=O)OC(C)=O)cc1OCc1ccccc1. The van der Waals surface area contributed by atoms with Gasteiger partial charge in [-0.15, -0.1) is 0 Å². The van der Waals surface area contributed by atoms with Crippen LogP contribution in [0.4, 0.5) is 0 Å². The summed E-state index contributed by atoms with van der Waals surface area (Å²) in [6.45, 7) is 2.83. The molecule has 0 bridgehead atoms. The Morgan fingerprint density at radius 1 is 0.920 bits per heavy atom. The van der Waals surface area contributed by atoms with Crippen LogP contribution in [-0.2, 0) is 25.7 Å².